The van der Waals surface area contributed by atoms with Gasteiger partial charge in [-0.25, -0.2) is 4.79 Å². The summed E-state index contributed by atoms with van der Waals surface area (Å²) in [6.45, 7) is -1.45. The highest BCUT2D eigenvalue weighted by Crippen LogP contribution is 2.03. The molecule has 17 heavy (non-hydrogen) atoms. The molecule has 0 heterocycles. The van der Waals surface area contributed by atoms with Crippen molar-refractivity contribution in [1.82, 2.24) is 0 Å². The number of carbonyl (C=O) groups is 1. The molecule has 0 bridgehead atoms. The SMILES string of the molecule is COC(=O)O.OCC(O)C(O)C(O)C(O)CO. The number of ether oxygens (including phenoxy) is 1. The lowest BCUT2D eigenvalue weighted by molar-refractivity contribution is -0.123. The van der Waals surface area contributed by atoms with Gasteiger partial charge in [0.1, 0.15) is 24.4 Å². The maximum atomic E-state index is 9.15. The van der Waals surface area contributed by atoms with E-state index >= 15 is 0 Å². The molecule has 0 aliphatic rings. The van der Waals surface area contributed by atoms with Gasteiger partial charge in [-0.1, -0.05) is 0 Å². The first-order valence-electron chi connectivity index (χ1n) is 4.52. The lowest BCUT2D eigenvalue weighted by atomic mass is 10.0. The molecule has 0 aliphatic heterocycles. The molecule has 0 rings (SSSR count). The van der Waals surface area contributed by atoms with Crippen LogP contribution in [0.2, 0.25) is 0 Å². The summed E-state index contributed by atoms with van der Waals surface area (Å²) in [5, 5.41) is 59.7. The average molecular weight is 258 g/mol. The molecular formula is C8H18O9. The molecular weight excluding hydrogens is 240 g/mol. The molecule has 9 heteroatoms. The van der Waals surface area contributed by atoms with Crippen molar-refractivity contribution in [3.05, 3.63) is 0 Å². The summed E-state index contributed by atoms with van der Waals surface area (Å²) in [5.74, 6) is 0. The first-order chi connectivity index (χ1) is 7.81. The molecule has 4 atom stereocenters. The Labute approximate surface area is 97.1 Å². The molecule has 7 N–H and O–H groups in total. The van der Waals surface area contributed by atoms with Crippen LogP contribution in [0.4, 0.5) is 4.79 Å². The van der Waals surface area contributed by atoms with E-state index in [0.717, 1.165) is 7.11 Å². The maximum absolute atomic E-state index is 9.15. The summed E-state index contributed by atoms with van der Waals surface area (Å²) in [4.78, 5) is 9.15. The molecule has 0 aromatic heterocycles. The van der Waals surface area contributed by atoms with Crippen LogP contribution in [-0.4, -0.2) is 86.6 Å². The quantitative estimate of drug-likeness (QED) is 0.250. The van der Waals surface area contributed by atoms with Crippen LogP contribution in [0.25, 0.3) is 0 Å². The summed E-state index contributed by atoms with van der Waals surface area (Å²) < 4.78 is 3.67. The highest BCUT2D eigenvalue weighted by atomic mass is 16.6. The van der Waals surface area contributed by atoms with Gasteiger partial charge >= 0.3 is 6.16 Å². The van der Waals surface area contributed by atoms with Crippen molar-refractivity contribution in [3.8, 4) is 0 Å². The summed E-state index contributed by atoms with van der Waals surface area (Å²) in [5.41, 5.74) is 0. The normalized spacial score (nSPS) is 17.1. The summed E-state index contributed by atoms with van der Waals surface area (Å²) in [7, 11) is 1.10. The summed E-state index contributed by atoms with van der Waals surface area (Å²) >= 11 is 0. The fourth-order valence-corrected chi connectivity index (χ4v) is 0.671. The fourth-order valence-electron chi connectivity index (χ4n) is 0.671. The highest BCUT2D eigenvalue weighted by molar-refractivity contribution is 5.56. The van der Waals surface area contributed by atoms with Crippen LogP contribution < -0.4 is 0 Å². The summed E-state index contributed by atoms with van der Waals surface area (Å²) in [6.07, 6.45) is -7.64. The van der Waals surface area contributed by atoms with Crippen molar-refractivity contribution in [3.63, 3.8) is 0 Å². The molecule has 0 aromatic rings. The molecule has 0 aromatic carbocycles. The van der Waals surface area contributed by atoms with Gasteiger partial charge in [0.15, 0.2) is 0 Å². The van der Waals surface area contributed by atoms with Crippen molar-refractivity contribution in [2.24, 2.45) is 0 Å². The Balaban J connectivity index is 0. The van der Waals surface area contributed by atoms with Gasteiger partial charge in [0.25, 0.3) is 0 Å². The molecule has 0 amide bonds. The second-order valence-corrected chi connectivity index (χ2v) is 2.95. The van der Waals surface area contributed by atoms with Gasteiger partial charge in [0, 0.05) is 0 Å². The number of hydrogen-bond donors (Lipinski definition) is 7. The van der Waals surface area contributed by atoms with Gasteiger partial charge in [-0.3, -0.25) is 0 Å². The monoisotopic (exact) mass is 258 g/mol. The minimum atomic E-state index is -1.67. The van der Waals surface area contributed by atoms with Crippen LogP contribution in [0.3, 0.4) is 0 Å². The van der Waals surface area contributed by atoms with Crippen LogP contribution in [-0.2, 0) is 4.74 Å². The van der Waals surface area contributed by atoms with Crippen molar-refractivity contribution in [1.29, 1.82) is 0 Å². The molecule has 4 unspecified atom stereocenters. The Bertz CT molecular complexity index is 183. The van der Waals surface area contributed by atoms with Crippen LogP contribution in [0.15, 0.2) is 0 Å². The predicted molar refractivity (Wildman–Crippen MR) is 53.2 cm³/mol. The number of methoxy groups -OCH3 is 1. The van der Waals surface area contributed by atoms with Crippen molar-refractivity contribution in [2.45, 2.75) is 24.4 Å². The number of aliphatic hydroxyl groups is 6. The zero-order valence-electron chi connectivity index (χ0n) is 9.17. The van der Waals surface area contributed by atoms with E-state index in [2.05, 4.69) is 4.74 Å². The molecule has 104 valence electrons. The van der Waals surface area contributed by atoms with E-state index < -0.39 is 43.8 Å². The Hall–Kier alpha value is -0.970. The Kier molecular flexibility index (Phi) is 11.0. The van der Waals surface area contributed by atoms with E-state index in [1.54, 1.807) is 0 Å². The number of carboxylic acid groups (broad SMARTS) is 1. The summed E-state index contributed by atoms with van der Waals surface area (Å²) in [6, 6.07) is 0. The zero-order chi connectivity index (χ0) is 14.0. The molecule has 9 nitrogen and oxygen atoms in total. The average Bonchev–Trinajstić information content (AvgIpc) is 2.35. The molecule has 0 spiro atoms. The first kappa shape index (κ1) is 18.4. The van der Waals surface area contributed by atoms with Crippen LogP contribution in [0.5, 0.6) is 0 Å². The standard InChI is InChI=1S/C6H14O6.C2H4O3/c7-1-3(9)5(11)6(12)4(10)2-8;1-5-2(3)4/h3-12H,1-2H2;1H3,(H,3,4). The van der Waals surface area contributed by atoms with Gasteiger partial charge in [-0.2, -0.15) is 0 Å². The van der Waals surface area contributed by atoms with E-state index in [-0.39, 0.29) is 0 Å². The number of aliphatic hydroxyl groups excluding tert-OH is 6. The van der Waals surface area contributed by atoms with Gasteiger partial charge < -0.3 is 40.5 Å². The van der Waals surface area contributed by atoms with E-state index in [1.165, 1.54) is 0 Å². The zero-order valence-corrected chi connectivity index (χ0v) is 9.17. The molecule has 0 aliphatic carbocycles. The molecule has 0 fully saturated rings. The first-order valence-corrected chi connectivity index (χ1v) is 4.52. The number of hydrogen-bond acceptors (Lipinski definition) is 8. The second-order valence-electron chi connectivity index (χ2n) is 2.95. The number of rotatable bonds is 5. The van der Waals surface area contributed by atoms with Crippen molar-refractivity contribution < 1.29 is 45.3 Å². The second kappa shape index (κ2) is 10.2. The Morgan fingerprint density at radius 3 is 1.35 bits per heavy atom. The molecule has 0 saturated heterocycles. The molecule has 0 radical (unpaired) electrons. The van der Waals surface area contributed by atoms with Crippen molar-refractivity contribution >= 4 is 6.16 Å². The minimum Gasteiger partial charge on any atom is -0.450 e. The minimum absolute atomic E-state index is 0.726. The highest BCUT2D eigenvalue weighted by Gasteiger charge is 2.29. The van der Waals surface area contributed by atoms with Gasteiger partial charge in [-0.15, -0.1) is 0 Å². The van der Waals surface area contributed by atoms with E-state index in [1.807, 2.05) is 0 Å². The predicted octanol–water partition coefficient (Wildman–Crippen LogP) is -3.27. The lowest BCUT2D eigenvalue weighted by Gasteiger charge is -2.24. The van der Waals surface area contributed by atoms with E-state index in [0.29, 0.717) is 0 Å². The van der Waals surface area contributed by atoms with E-state index in [9.17, 15) is 0 Å². The van der Waals surface area contributed by atoms with Crippen LogP contribution in [0, 0.1) is 0 Å². The molecule has 0 saturated carbocycles. The third-order valence-electron chi connectivity index (χ3n) is 1.69. The maximum Gasteiger partial charge on any atom is 0.505 e. The van der Waals surface area contributed by atoms with Crippen molar-refractivity contribution in [2.75, 3.05) is 20.3 Å². The Morgan fingerprint density at radius 1 is 1.00 bits per heavy atom. The third kappa shape index (κ3) is 8.80. The largest absolute Gasteiger partial charge is 0.505 e. The third-order valence-corrected chi connectivity index (χ3v) is 1.69. The van der Waals surface area contributed by atoms with E-state index in [4.69, 9.17) is 40.5 Å². The van der Waals surface area contributed by atoms with Crippen LogP contribution in [0.1, 0.15) is 0 Å². The van der Waals surface area contributed by atoms with Gasteiger partial charge in [0.05, 0.1) is 20.3 Å². The fraction of sp³-hybridized carbons (Fsp3) is 0.875. The Morgan fingerprint density at radius 2 is 1.24 bits per heavy atom. The topological polar surface area (TPSA) is 168 Å². The lowest BCUT2D eigenvalue weighted by Crippen LogP contribution is -2.46. The van der Waals surface area contributed by atoms with Gasteiger partial charge in [0.2, 0.25) is 0 Å². The van der Waals surface area contributed by atoms with Crippen LogP contribution >= 0.6 is 0 Å². The smallest absolute Gasteiger partial charge is 0.450 e. The van der Waals surface area contributed by atoms with Gasteiger partial charge in [-0.05, 0) is 0 Å².